The third-order valence-corrected chi connectivity index (χ3v) is 3.23. The van der Waals surface area contributed by atoms with E-state index in [1.165, 1.54) is 10.6 Å². The van der Waals surface area contributed by atoms with Crippen LogP contribution in [0, 0.1) is 5.92 Å². The fourth-order valence-electron chi connectivity index (χ4n) is 2.04. The Morgan fingerprint density at radius 3 is 2.71 bits per heavy atom. The summed E-state index contributed by atoms with van der Waals surface area (Å²) in [5.41, 5.74) is -0.360. The normalized spacial score (nSPS) is 15.8. The molecule has 1 aliphatic rings. The van der Waals surface area contributed by atoms with Crippen molar-refractivity contribution in [2.45, 2.75) is 32.9 Å². The molecule has 1 saturated heterocycles. The minimum absolute atomic E-state index is 0.174. The largest absolute Gasteiger partial charge is 0.330 e. The van der Waals surface area contributed by atoms with Crippen molar-refractivity contribution in [1.82, 2.24) is 14.5 Å². The molecule has 17 heavy (non-hydrogen) atoms. The molecule has 0 radical (unpaired) electrons. The molecule has 0 aliphatic carbocycles. The third-order valence-electron chi connectivity index (χ3n) is 3.23. The predicted octanol–water partition coefficient (Wildman–Crippen LogP) is 0.0295. The van der Waals surface area contributed by atoms with E-state index in [1.807, 2.05) is 6.92 Å². The average molecular weight is 237 g/mol. The molecule has 5 nitrogen and oxygen atoms in total. The van der Waals surface area contributed by atoms with Gasteiger partial charge < -0.3 is 9.88 Å². The van der Waals surface area contributed by atoms with Gasteiger partial charge in [-0.15, -0.1) is 0 Å². The molecule has 1 aromatic heterocycles. The molecule has 1 aromatic rings. The number of nitrogens with zero attached hydrogens (tertiary/aromatic N) is 2. The van der Waals surface area contributed by atoms with Crippen LogP contribution in [0.25, 0.3) is 0 Å². The smallest absolute Gasteiger partial charge is 0.316 e. The lowest BCUT2D eigenvalue weighted by Crippen LogP contribution is -2.44. The summed E-state index contributed by atoms with van der Waals surface area (Å²) in [6.07, 6.45) is 3.39. The number of rotatable bonds is 5. The third kappa shape index (κ3) is 2.66. The highest BCUT2D eigenvalue weighted by molar-refractivity contribution is 4.87. The van der Waals surface area contributed by atoms with Crippen LogP contribution in [-0.2, 0) is 13.1 Å². The molecular weight excluding hydrogens is 218 g/mol. The van der Waals surface area contributed by atoms with Crippen LogP contribution < -0.4 is 16.6 Å². The van der Waals surface area contributed by atoms with Crippen molar-refractivity contribution in [3.05, 3.63) is 33.1 Å². The molecular formula is C12H19N3O2. The van der Waals surface area contributed by atoms with Gasteiger partial charge in [0, 0.05) is 25.4 Å². The van der Waals surface area contributed by atoms with E-state index < -0.39 is 0 Å². The molecule has 94 valence electrons. The SMILES string of the molecule is CCCn1ccc(=O)n(CCC2CNC2)c1=O. The van der Waals surface area contributed by atoms with Gasteiger partial charge in [0.05, 0.1) is 0 Å². The summed E-state index contributed by atoms with van der Waals surface area (Å²) in [6, 6.07) is 1.48. The van der Waals surface area contributed by atoms with Crippen LogP contribution in [-0.4, -0.2) is 22.2 Å². The second-order valence-corrected chi connectivity index (χ2v) is 4.59. The predicted molar refractivity (Wildman–Crippen MR) is 66.2 cm³/mol. The first kappa shape index (κ1) is 12.1. The second-order valence-electron chi connectivity index (χ2n) is 4.59. The van der Waals surface area contributed by atoms with E-state index in [2.05, 4.69) is 5.32 Å². The Balaban J connectivity index is 2.15. The highest BCUT2D eigenvalue weighted by atomic mass is 16.2. The number of nitrogens with one attached hydrogen (secondary N) is 1. The number of hydrogen-bond acceptors (Lipinski definition) is 3. The molecule has 0 aromatic carbocycles. The summed E-state index contributed by atoms with van der Waals surface area (Å²) < 4.78 is 2.97. The van der Waals surface area contributed by atoms with Gasteiger partial charge >= 0.3 is 5.69 Å². The average Bonchev–Trinajstić information content (AvgIpc) is 2.25. The minimum Gasteiger partial charge on any atom is -0.316 e. The van der Waals surface area contributed by atoms with Crippen molar-refractivity contribution in [1.29, 1.82) is 0 Å². The fraction of sp³-hybridized carbons (Fsp3) is 0.667. The molecule has 0 unspecified atom stereocenters. The van der Waals surface area contributed by atoms with Crippen molar-refractivity contribution in [3.63, 3.8) is 0 Å². The van der Waals surface area contributed by atoms with Gasteiger partial charge in [-0.25, -0.2) is 4.79 Å². The molecule has 0 saturated carbocycles. The van der Waals surface area contributed by atoms with Crippen LogP contribution in [0.1, 0.15) is 19.8 Å². The zero-order valence-electron chi connectivity index (χ0n) is 10.2. The lowest BCUT2D eigenvalue weighted by atomic mass is 10.00. The Bertz CT molecular complexity index is 485. The van der Waals surface area contributed by atoms with Crippen LogP contribution >= 0.6 is 0 Å². The first-order valence-electron chi connectivity index (χ1n) is 6.23. The Kier molecular flexibility index (Phi) is 3.78. The van der Waals surface area contributed by atoms with E-state index in [-0.39, 0.29) is 11.2 Å². The van der Waals surface area contributed by atoms with E-state index in [9.17, 15) is 9.59 Å². The summed E-state index contributed by atoms with van der Waals surface area (Å²) in [4.78, 5) is 23.7. The minimum atomic E-state index is -0.186. The van der Waals surface area contributed by atoms with Crippen LogP contribution in [0.15, 0.2) is 21.9 Å². The highest BCUT2D eigenvalue weighted by Gasteiger charge is 2.17. The molecule has 1 aliphatic heterocycles. The molecule has 1 fully saturated rings. The summed E-state index contributed by atoms with van der Waals surface area (Å²) >= 11 is 0. The summed E-state index contributed by atoms with van der Waals surface area (Å²) in [6.45, 7) is 5.23. The zero-order valence-corrected chi connectivity index (χ0v) is 10.2. The lowest BCUT2D eigenvalue weighted by molar-refractivity contribution is 0.307. The number of hydrogen-bond donors (Lipinski definition) is 1. The molecule has 5 heteroatoms. The van der Waals surface area contributed by atoms with Gasteiger partial charge in [-0.05, 0) is 31.8 Å². The maximum absolute atomic E-state index is 12.0. The fourth-order valence-corrected chi connectivity index (χ4v) is 2.04. The number of aromatic nitrogens is 2. The molecule has 0 spiro atoms. The maximum Gasteiger partial charge on any atom is 0.330 e. The van der Waals surface area contributed by atoms with Gasteiger partial charge in [0.2, 0.25) is 0 Å². The molecule has 0 atom stereocenters. The molecule has 2 heterocycles. The van der Waals surface area contributed by atoms with Crippen LogP contribution in [0.5, 0.6) is 0 Å². The van der Waals surface area contributed by atoms with Crippen molar-refractivity contribution in [2.24, 2.45) is 5.92 Å². The van der Waals surface area contributed by atoms with Gasteiger partial charge in [0.25, 0.3) is 5.56 Å². The Hall–Kier alpha value is -1.36. The lowest BCUT2D eigenvalue weighted by Gasteiger charge is -2.27. The zero-order chi connectivity index (χ0) is 12.3. The van der Waals surface area contributed by atoms with E-state index in [4.69, 9.17) is 0 Å². The van der Waals surface area contributed by atoms with E-state index in [1.54, 1.807) is 10.8 Å². The standard InChI is InChI=1S/C12H19N3O2/c1-2-5-14-6-4-11(16)15(12(14)17)7-3-10-8-13-9-10/h4,6,10,13H,2-3,5,7-9H2,1H3. The second kappa shape index (κ2) is 5.31. The van der Waals surface area contributed by atoms with Gasteiger partial charge in [-0.2, -0.15) is 0 Å². The van der Waals surface area contributed by atoms with E-state index in [0.29, 0.717) is 19.0 Å². The van der Waals surface area contributed by atoms with Gasteiger partial charge in [0.1, 0.15) is 0 Å². The van der Waals surface area contributed by atoms with E-state index >= 15 is 0 Å². The van der Waals surface area contributed by atoms with Crippen LogP contribution in [0.4, 0.5) is 0 Å². The van der Waals surface area contributed by atoms with Crippen LogP contribution in [0.2, 0.25) is 0 Å². The van der Waals surface area contributed by atoms with Crippen molar-refractivity contribution in [3.8, 4) is 0 Å². The Labute approximate surface area is 100 Å². The van der Waals surface area contributed by atoms with Crippen molar-refractivity contribution >= 4 is 0 Å². The molecule has 1 N–H and O–H groups in total. The van der Waals surface area contributed by atoms with E-state index in [0.717, 1.165) is 25.9 Å². The van der Waals surface area contributed by atoms with Crippen molar-refractivity contribution in [2.75, 3.05) is 13.1 Å². The first-order chi connectivity index (χ1) is 8.22. The quantitative estimate of drug-likeness (QED) is 0.786. The monoisotopic (exact) mass is 237 g/mol. The van der Waals surface area contributed by atoms with Gasteiger partial charge in [-0.3, -0.25) is 9.36 Å². The first-order valence-corrected chi connectivity index (χ1v) is 6.23. The molecule has 0 amide bonds. The topological polar surface area (TPSA) is 56.0 Å². The molecule has 0 bridgehead atoms. The summed E-state index contributed by atoms with van der Waals surface area (Å²) in [5, 5.41) is 3.19. The molecule has 2 rings (SSSR count). The van der Waals surface area contributed by atoms with Gasteiger partial charge in [-0.1, -0.05) is 6.92 Å². The van der Waals surface area contributed by atoms with Crippen molar-refractivity contribution < 1.29 is 0 Å². The summed E-state index contributed by atoms with van der Waals surface area (Å²) in [7, 11) is 0. The number of aryl methyl sites for hydroxylation is 1. The Morgan fingerprint density at radius 1 is 1.35 bits per heavy atom. The Morgan fingerprint density at radius 2 is 2.12 bits per heavy atom. The summed E-state index contributed by atoms with van der Waals surface area (Å²) in [5.74, 6) is 0.612. The van der Waals surface area contributed by atoms with Crippen LogP contribution in [0.3, 0.4) is 0 Å². The van der Waals surface area contributed by atoms with Gasteiger partial charge in [0.15, 0.2) is 0 Å². The highest BCUT2D eigenvalue weighted by Crippen LogP contribution is 2.08. The maximum atomic E-state index is 12.0.